The lowest BCUT2D eigenvalue weighted by Crippen LogP contribution is -1.99. The zero-order valence-electron chi connectivity index (χ0n) is 14.3. The van der Waals surface area contributed by atoms with Gasteiger partial charge in [-0.2, -0.15) is 5.10 Å². The van der Waals surface area contributed by atoms with Gasteiger partial charge in [-0.3, -0.25) is 4.68 Å². The second-order valence-corrected chi connectivity index (χ2v) is 8.38. The minimum atomic E-state index is -3.22. The third-order valence-electron chi connectivity index (χ3n) is 4.19. The summed E-state index contributed by atoms with van der Waals surface area (Å²) in [5.41, 5.74) is 4.84. The Hall–Kier alpha value is -2.11. The minimum absolute atomic E-state index is 0.302. The van der Waals surface area contributed by atoms with E-state index in [-0.39, 0.29) is 0 Å². The lowest BCUT2D eigenvalue weighted by Gasteiger charge is -2.06. The smallest absolute Gasteiger partial charge is 0.175 e. The van der Waals surface area contributed by atoms with Crippen LogP contribution in [-0.2, 0) is 16.4 Å². The molecule has 0 aliphatic carbocycles. The van der Waals surface area contributed by atoms with E-state index in [2.05, 4.69) is 0 Å². The second kappa shape index (κ2) is 6.65. The lowest BCUT2D eigenvalue weighted by molar-refractivity contribution is 0.602. The molecule has 25 heavy (non-hydrogen) atoms. The summed E-state index contributed by atoms with van der Waals surface area (Å²) >= 11 is 6.01. The number of aromatic nitrogens is 2. The molecule has 0 aliphatic heterocycles. The van der Waals surface area contributed by atoms with Crippen LogP contribution in [0.1, 0.15) is 12.6 Å². The van der Waals surface area contributed by atoms with Gasteiger partial charge in [0, 0.05) is 34.6 Å². The second-order valence-electron chi connectivity index (χ2n) is 5.93. The summed E-state index contributed by atoms with van der Waals surface area (Å²) in [6.45, 7) is 4.84. The van der Waals surface area contributed by atoms with Crippen molar-refractivity contribution in [3.63, 3.8) is 0 Å². The molecule has 3 rings (SSSR count). The molecule has 0 aliphatic rings. The summed E-state index contributed by atoms with van der Waals surface area (Å²) in [5.74, 6) is 0. The van der Waals surface area contributed by atoms with Crippen molar-refractivity contribution in [2.45, 2.75) is 25.3 Å². The highest BCUT2D eigenvalue weighted by molar-refractivity contribution is 7.90. The maximum absolute atomic E-state index is 11.7. The van der Waals surface area contributed by atoms with Crippen LogP contribution in [0, 0.1) is 6.92 Å². The third-order valence-corrected chi connectivity index (χ3v) is 5.58. The summed E-state index contributed by atoms with van der Waals surface area (Å²) in [6, 6.07) is 14.5. The van der Waals surface area contributed by atoms with Gasteiger partial charge in [0.05, 0.1) is 4.90 Å². The van der Waals surface area contributed by atoms with Crippen molar-refractivity contribution in [2.24, 2.45) is 0 Å². The summed E-state index contributed by atoms with van der Waals surface area (Å²) < 4.78 is 25.3. The number of halogens is 1. The predicted molar refractivity (Wildman–Crippen MR) is 102 cm³/mol. The summed E-state index contributed by atoms with van der Waals surface area (Å²) in [5, 5.41) is 5.41. The monoisotopic (exact) mass is 374 g/mol. The van der Waals surface area contributed by atoms with Crippen molar-refractivity contribution in [1.29, 1.82) is 0 Å². The molecule has 0 N–H and O–H groups in total. The maximum Gasteiger partial charge on any atom is 0.175 e. The van der Waals surface area contributed by atoms with Gasteiger partial charge in [0.25, 0.3) is 0 Å². The first-order valence-corrected chi connectivity index (χ1v) is 10.2. The van der Waals surface area contributed by atoms with E-state index in [1.807, 2.05) is 42.8 Å². The molecule has 0 radical (unpaired) electrons. The number of hydrogen-bond acceptors (Lipinski definition) is 3. The van der Waals surface area contributed by atoms with Gasteiger partial charge in [0.15, 0.2) is 9.84 Å². The number of hydrogen-bond donors (Lipinski definition) is 0. The molecule has 2 aromatic carbocycles. The van der Waals surface area contributed by atoms with Crippen LogP contribution < -0.4 is 0 Å². The van der Waals surface area contributed by atoms with Crippen LogP contribution in [0.4, 0.5) is 0 Å². The fourth-order valence-electron chi connectivity index (χ4n) is 2.88. The van der Waals surface area contributed by atoms with Gasteiger partial charge in [-0.15, -0.1) is 0 Å². The standard InChI is InChI=1S/C19H19ClN2O2S/c1-4-22-13(2)18(14-5-9-16(20)10-6-14)19(21-22)15-7-11-17(12-8-15)25(3,23)24/h5-12H,4H2,1-3H3. The number of benzene rings is 2. The van der Waals surface area contributed by atoms with Crippen molar-refractivity contribution < 1.29 is 8.42 Å². The normalized spacial score (nSPS) is 11.7. The zero-order valence-corrected chi connectivity index (χ0v) is 15.9. The van der Waals surface area contributed by atoms with E-state index in [1.54, 1.807) is 24.3 Å². The topological polar surface area (TPSA) is 52.0 Å². The van der Waals surface area contributed by atoms with E-state index < -0.39 is 9.84 Å². The van der Waals surface area contributed by atoms with E-state index in [1.165, 1.54) is 6.26 Å². The van der Waals surface area contributed by atoms with Crippen LogP contribution >= 0.6 is 11.6 Å². The Balaban J connectivity index is 2.17. The predicted octanol–water partition coefficient (Wildman–Crippen LogP) is 4.60. The molecule has 4 nitrogen and oxygen atoms in total. The Kier molecular flexibility index (Phi) is 4.71. The summed E-state index contributed by atoms with van der Waals surface area (Å²) in [7, 11) is -3.22. The molecule has 1 aromatic heterocycles. The van der Waals surface area contributed by atoms with Crippen molar-refractivity contribution in [3.8, 4) is 22.4 Å². The van der Waals surface area contributed by atoms with Crippen molar-refractivity contribution in [1.82, 2.24) is 9.78 Å². The molecule has 0 amide bonds. The van der Waals surface area contributed by atoms with Gasteiger partial charge in [0.2, 0.25) is 0 Å². The number of rotatable bonds is 4. The molecular weight excluding hydrogens is 356 g/mol. The largest absolute Gasteiger partial charge is 0.269 e. The van der Waals surface area contributed by atoms with E-state index in [4.69, 9.17) is 16.7 Å². The fourth-order valence-corrected chi connectivity index (χ4v) is 3.63. The molecule has 0 atom stereocenters. The molecule has 0 unspecified atom stereocenters. The molecule has 6 heteroatoms. The first kappa shape index (κ1) is 17.7. The average Bonchev–Trinajstić information content (AvgIpc) is 2.91. The van der Waals surface area contributed by atoms with E-state index in [0.717, 1.165) is 34.6 Å². The average molecular weight is 375 g/mol. The van der Waals surface area contributed by atoms with E-state index in [9.17, 15) is 8.42 Å². The van der Waals surface area contributed by atoms with E-state index in [0.29, 0.717) is 9.92 Å². The summed E-state index contributed by atoms with van der Waals surface area (Å²) in [6.07, 6.45) is 1.21. The SMILES string of the molecule is CCn1nc(-c2ccc(S(C)(=O)=O)cc2)c(-c2ccc(Cl)cc2)c1C. The Bertz CT molecular complexity index is 1000. The minimum Gasteiger partial charge on any atom is -0.269 e. The van der Waals surface area contributed by atoms with Gasteiger partial charge in [-0.1, -0.05) is 35.9 Å². The van der Waals surface area contributed by atoms with Crippen molar-refractivity contribution in [3.05, 3.63) is 59.2 Å². The molecule has 0 saturated carbocycles. The quantitative estimate of drug-likeness (QED) is 0.670. The van der Waals surface area contributed by atoms with Gasteiger partial charge >= 0.3 is 0 Å². The number of nitrogens with zero attached hydrogens (tertiary/aromatic N) is 2. The molecular formula is C19H19ClN2O2S. The Morgan fingerprint density at radius 1 is 1.00 bits per heavy atom. The van der Waals surface area contributed by atoms with Crippen LogP contribution in [0.15, 0.2) is 53.4 Å². The van der Waals surface area contributed by atoms with Crippen LogP contribution in [0.5, 0.6) is 0 Å². The lowest BCUT2D eigenvalue weighted by atomic mass is 9.99. The molecule has 3 aromatic rings. The molecule has 0 fully saturated rings. The van der Waals surface area contributed by atoms with Gasteiger partial charge in [0.1, 0.15) is 5.69 Å². The first-order valence-electron chi connectivity index (χ1n) is 7.95. The van der Waals surface area contributed by atoms with Gasteiger partial charge in [-0.25, -0.2) is 8.42 Å². The van der Waals surface area contributed by atoms with Crippen molar-refractivity contribution in [2.75, 3.05) is 6.26 Å². The number of sulfone groups is 1. The van der Waals surface area contributed by atoms with Crippen LogP contribution in [0.2, 0.25) is 5.02 Å². The summed E-state index contributed by atoms with van der Waals surface area (Å²) in [4.78, 5) is 0.302. The highest BCUT2D eigenvalue weighted by Gasteiger charge is 2.18. The molecule has 0 saturated heterocycles. The molecule has 1 heterocycles. The highest BCUT2D eigenvalue weighted by atomic mass is 35.5. The Morgan fingerprint density at radius 2 is 1.56 bits per heavy atom. The zero-order chi connectivity index (χ0) is 18.2. The van der Waals surface area contributed by atoms with Crippen LogP contribution in [0.3, 0.4) is 0 Å². The molecule has 0 bridgehead atoms. The Labute approximate surface area is 153 Å². The van der Waals surface area contributed by atoms with Crippen molar-refractivity contribution >= 4 is 21.4 Å². The van der Waals surface area contributed by atoms with Crippen LogP contribution in [0.25, 0.3) is 22.4 Å². The van der Waals surface area contributed by atoms with E-state index >= 15 is 0 Å². The number of aryl methyl sites for hydroxylation is 1. The highest BCUT2D eigenvalue weighted by Crippen LogP contribution is 2.35. The maximum atomic E-state index is 11.7. The molecule has 0 spiro atoms. The van der Waals surface area contributed by atoms with Gasteiger partial charge < -0.3 is 0 Å². The van der Waals surface area contributed by atoms with Crippen LogP contribution in [-0.4, -0.2) is 24.5 Å². The third kappa shape index (κ3) is 3.48. The first-order chi connectivity index (χ1) is 11.8. The Morgan fingerprint density at radius 3 is 2.08 bits per heavy atom. The molecule has 130 valence electrons. The fraction of sp³-hybridized carbons (Fsp3) is 0.211. The van der Waals surface area contributed by atoms with Gasteiger partial charge in [-0.05, 0) is 43.7 Å².